The molecule has 1 amide bonds. The summed E-state index contributed by atoms with van der Waals surface area (Å²) in [5.74, 6) is 2.07. The van der Waals surface area contributed by atoms with Crippen molar-refractivity contribution in [2.75, 3.05) is 21.3 Å². The first-order valence-corrected chi connectivity index (χ1v) is 11.3. The van der Waals surface area contributed by atoms with Gasteiger partial charge in [-0.25, -0.2) is 0 Å². The van der Waals surface area contributed by atoms with E-state index in [1.54, 1.807) is 27.4 Å². The fraction of sp³-hybridized carbons (Fsp3) is 0.207. The second-order valence-corrected chi connectivity index (χ2v) is 8.78. The molecule has 170 valence electrons. The third-order valence-corrected chi connectivity index (χ3v) is 7.35. The molecule has 5 heteroatoms. The number of methoxy groups -OCH3 is 3. The summed E-state index contributed by atoms with van der Waals surface area (Å²) in [6, 6.07) is 20.2. The third kappa shape index (κ3) is 2.58. The van der Waals surface area contributed by atoms with Gasteiger partial charge >= 0.3 is 0 Å². The Balaban J connectivity index is 1.70. The highest BCUT2D eigenvalue weighted by Crippen LogP contribution is 2.62. The van der Waals surface area contributed by atoms with E-state index < -0.39 is 5.54 Å². The summed E-state index contributed by atoms with van der Waals surface area (Å²) in [7, 11) is 5.00. The highest BCUT2D eigenvalue weighted by atomic mass is 16.5. The lowest BCUT2D eigenvalue weighted by Gasteiger charge is -2.52. The van der Waals surface area contributed by atoms with Crippen LogP contribution in [0.15, 0.2) is 72.8 Å². The first-order valence-electron chi connectivity index (χ1n) is 11.3. The van der Waals surface area contributed by atoms with Crippen molar-refractivity contribution in [2.45, 2.75) is 18.0 Å². The smallest absolute Gasteiger partial charge is 0.248 e. The number of hydrogen-bond donors (Lipinski definition) is 0. The van der Waals surface area contributed by atoms with Gasteiger partial charge in [0.15, 0.2) is 0 Å². The zero-order chi connectivity index (χ0) is 23.4. The van der Waals surface area contributed by atoms with Gasteiger partial charge in [0.05, 0.1) is 21.3 Å². The first-order chi connectivity index (χ1) is 16.6. The Bertz CT molecular complexity index is 1390. The Morgan fingerprint density at radius 2 is 1.68 bits per heavy atom. The Hall–Kier alpha value is -3.99. The SMILES string of the molecule is COc1cc2c(c(OC)c1)[C@H]1C=Cc3ccccc3[C@]13C(c1ccccc1OC)=CC(=O)N3C2. The Kier molecular flexibility index (Phi) is 4.56. The van der Waals surface area contributed by atoms with E-state index in [0.717, 1.165) is 44.9 Å². The molecule has 0 aromatic heterocycles. The van der Waals surface area contributed by atoms with E-state index in [1.807, 2.05) is 53.4 Å². The molecule has 2 aliphatic heterocycles. The van der Waals surface area contributed by atoms with Crippen molar-refractivity contribution < 1.29 is 19.0 Å². The number of carbonyl (C=O) groups excluding carboxylic acids is 1. The van der Waals surface area contributed by atoms with Crippen LogP contribution in [0.2, 0.25) is 0 Å². The molecular weight excluding hydrogens is 426 g/mol. The molecule has 6 rings (SSSR count). The van der Waals surface area contributed by atoms with Crippen molar-refractivity contribution in [1.29, 1.82) is 0 Å². The molecule has 34 heavy (non-hydrogen) atoms. The molecule has 5 nitrogen and oxygen atoms in total. The standard InChI is InChI=1S/C29H25NO4/c1-32-20-14-19-17-30-27(31)16-24(21-9-5-7-11-25(21)33-2)29(30)22-10-6-4-8-18(22)12-13-23(29)28(19)26(15-20)34-3/h4-16,23H,17H2,1-3H3/t23-,29-/m1/s1. The van der Waals surface area contributed by atoms with E-state index in [2.05, 4.69) is 24.3 Å². The third-order valence-electron chi connectivity index (χ3n) is 7.35. The second-order valence-electron chi connectivity index (χ2n) is 8.78. The summed E-state index contributed by atoms with van der Waals surface area (Å²) >= 11 is 0. The van der Waals surface area contributed by atoms with E-state index in [-0.39, 0.29) is 11.8 Å². The molecular formula is C29H25NO4. The highest BCUT2D eigenvalue weighted by molar-refractivity contribution is 6.06. The van der Waals surface area contributed by atoms with Gasteiger partial charge in [-0.1, -0.05) is 54.6 Å². The number of amides is 1. The van der Waals surface area contributed by atoms with Gasteiger partial charge in [0.25, 0.3) is 0 Å². The first kappa shape index (κ1) is 20.6. The summed E-state index contributed by atoms with van der Waals surface area (Å²) < 4.78 is 17.2. The number of hydrogen-bond acceptors (Lipinski definition) is 4. The van der Waals surface area contributed by atoms with Gasteiger partial charge in [-0.3, -0.25) is 4.79 Å². The molecule has 2 heterocycles. The van der Waals surface area contributed by atoms with Crippen molar-refractivity contribution >= 4 is 17.6 Å². The lowest BCUT2D eigenvalue weighted by atomic mass is 9.62. The summed E-state index contributed by atoms with van der Waals surface area (Å²) in [6.07, 6.45) is 6.16. The maximum Gasteiger partial charge on any atom is 0.248 e. The Morgan fingerprint density at radius 3 is 2.47 bits per heavy atom. The van der Waals surface area contributed by atoms with Crippen LogP contribution in [0.5, 0.6) is 17.2 Å². The number of carbonyl (C=O) groups is 1. The molecule has 0 unspecified atom stereocenters. The lowest BCUT2D eigenvalue weighted by Crippen LogP contribution is -2.53. The van der Waals surface area contributed by atoms with Crippen LogP contribution in [-0.4, -0.2) is 32.1 Å². The number of nitrogens with zero attached hydrogens (tertiary/aromatic N) is 1. The molecule has 0 bridgehead atoms. The molecule has 1 spiro atoms. The summed E-state index contributed by atoms with van der Waals surface area (Å²) in [6.45, 7) is 0.454. The average Bonchev–Trinajstić information content (AvgIpc) is 3.18. The minimum atomic E-state index is -0.716. The lowest BCUT2D eigenvalue weighted by molar-refractivity contribution is -0.130. The maximum absolute atomic E-state index is 13.7. The van der Waals surface area contributed by atoms with Crippen LogP contribution in [0.1, 0.15) is 33.7 Å². The van der Waals surface area contributed by atoms with Gasteiger partial charge in [0.1, 0.15) is 22.8 Å². The minimum absolute atomic E-state index is 0.0107. The molecule has 2 atom stereocenters. The largest absolute Gasteiger partial charge is 0.497 e. The van der Waals surface area contributed by atoms with E-state index in [9.17, 15) is 4.79 Å². The van der Waals surface area contributed by atoms with Crippen molar-refractivity contribution in [1.82, 2.24) is 4.90 Å². The van der Waals surface area contributed by atoms with Gasteiger partial charge in [-0.05, 0) is 34.4 Å². The number of benzene rings is 3. The fourth-order valence-corrected chi connectivity index (χ4v) is 6.01. The van der Waals surface area contributed by atoms with Gasteiger partial charge in [0.2, 0.25) is 5.91 Å². The molecule has 0 saturated carbocycles. The topological polar surface area (TPSA) is 48.0 Å². The monoisotopic (exact) mass is 451 g/mol. The molecule has 3 aromatic carbocycles. The van der Waals surface area contributed by atoms with E-state index >= 15 is 0 Å². The maximum atomic E-state index is 13.7. The number of rotatable bonds is 4. The molecule has 3 aliphatic rings. The van der Waals surface area contributed by atoms with Gasteiger partial charge in [-0.15, -0.1) is 0 Å². The minimum Gasteiger partial charge on any atom is -0.497 e. The molecule has 3 aromatic rings. The quantitative estimate of drug-likeness (QED) is 0.550. The molecule has 0 fully saturated rings. The Labute approximate surface area is 198 Å². The molecule has 1 aliphatic carbocycles. The summed E-state index contributed by atoms with van der Waals surface area (Å²) in [4.78, 5) is 15.7. The number of fused-ring (bicyclic) bond motifs is 3. The van der Waals surface area contributed by atoms with E-state index in [4.69, 9.17) is 14.2 Å². The van der Waals surface area contributed by atoms with Crippen LogP contribution < -0.4 is 14.2 Å². The van der Waals surface area contributed by atoms with Crippen LogP contribution in [0.4, 0.5) is 0 Å². The van der Waals surface area contributed by atoms with Crippen LogP contribution in [0, 0.1) is 0 Å². The number of ether oxygens (including phenoxy) is 3. The van der Waals surface area contributed by atoms with Crippen LogP contribution in [-0.2, 0) is 16.9 Å². The second kappa shape index (κ2) is 7.52. The predicted octanol–water partition coefficient (Wildman–Crippen LogP) is 5.16. The van der Waals surface area contributed by atoms with Crippen molar-refractivity contribution in [3.63, 3.8) is 0 Å². The normalized spacial score (nSPS) is 21.7. The van der Waals surface area contributed by atoms with Gasteiger partial charge in [-0.2, -0.15) is 0 Å². The van der Waals surface area contributed by atoms with Crippen molar-refractivity contribution in [3.8, 4) is 17.2 Å². The van der Waals surface area contributed by atoms with Gasteiger partial charge < -0.3 is 19.1 Å². The summed E-state index contributed by atoms with van der Waals surface area (Å²) in [5, 5.41) is 0. The molecule has 0 radical (unpaired) electrons. The fourth-order valence-electron chi connectivity index (χ4n) is 6.01. The molecule has 0 N–H and O–H groups in total. The zero-order valence-corrected chi connectivity index (χ0v) is 19.4. The van der Waals surface area contributed by atoms with Crippen molar-refractivity contribution in [2.24, 2.45) is 0 Å². The molecule has 0 saturated heterocycles. The zero-order valence-electron chi connectivity index (χ0n) is 19.4. The van der Waals surface area contributed by atoms with Crippen LogP contribution in [0.25, 0.3) is 11.6 Å². The number of para-hydroxylation sites is 1. The van der Waals surface area contributed by atoms with E-state index in [0.29, 0.717) is 12.3 Å². The van der Waals surface area contributed by atoms with Crippen molar-refractivity contribution in [3.05, 3.63) is 101 Å². The van der Waals surface area contributed by atoms with Gasteiger partial charge in [0, 0.05) is 35.7 Å². The predicted molar refractivity (Wildman–Crippen MR) is 131 cm³/mol. The Morgan fingerprint density at radius 1 is 0.912 bits per heavy atom. The van der Waals surface area contributed by atoms with Crippen LogP contribution >= 0.6 is 0 Å². The van der Waals surface area contributed by atoms with Crippen LogP contribution in [0.3, 0.4) is 0 Å². The highest BCUT2D eigenvalue weighted by Gasteiger charge is 2.59. The van der Waals surface area contributed by atoms with E-state index in [1.165, 1.54) is 0 Å². The average molecular weight is 452 g/mol. The summed E-state index contributed by atoms with van der Waals surface area (Å²) in [5.41, 5.74) is 5.48.